The molecule has 9 aromatic rings. The third kappa shape index (κ3) is 17.8. The van der Waals surface area contributed by atoms with Gasteiger partial charge < -0.3 is 76.9 Å². The number of aryl methyl sites for hydroxylation is 3. The van der Waals surface area contributed by atoms with Crippen molar-refractivity contribution in [2.24, 2.45) is 22.0 Å². The third-order valence-electron chi connectivity index (χ3n) is 20.6. The zero-order chi connectivity index (χ0) is 77.5. The van der Waals surface area contributed by atoms with Crippen LogP contribution in [0.4, 0.5) is 44.9 Å². The quantitative estimate of drug-likeness (QED) is 0.0660. The molecule has 109 heavy (non-hydrogen) atoms. The number of carbonyl (C=O) groups is 2. The molecule has 6 saturated heterocycles. The molecule has 6 fully saturated rings. The standard InChI is InChI=1S/C25H33ClN8O3S.C20H29BrN6O3.C20H25ClN8OS.C5H5ClN2S.CH4/c1-14-18(38-16-6-9-28-20(27)17(16)26)21-32-29-13-34(21)22(30-14)33-10-7-25(8-11-33)12-36-15(2)19(25)31-23(35)37-24(3,4)5;1-12-14(21)16-25-22-11-27(16)17(23-12)26-8-6-20(7-9-26)10-29-13(2)15(20)24-18(28)30-19(3,4)5;1-11-15(31-13-3-6-24-17(23)14(13)21)18-27-25-10-29(18)19(26-11)28-7-4-20(5-8-28)9-30-12(2)16(20)22;6-4-3(9)1-2-8-5(4)7;/h6,9,13,15,19H,7-8,10-12H2,1-5H3,(H2,27,28)(H,31,35);11,13,15H,6-10H2,1-5H3,(H,24,28);3,6,10,12,16H,4-5,7-9,22H2,1-2H3,(H2,23,24);1-2H,(H3,7,8,9);1H4/t15-,19+;13-,15+;12-,16+;;/m000../s1. The minimum atomic E-state index is -0.559. The van der Waals surface area contributed by atoms with Gasteiger partial charge in [-0.2, -0.15) is 0 Å². The lowest BCUT2D eigenvalue weighted by Gasteiger charge is -2.43. The van der Waals surface area contributed by atoms with Gasteiger partial charge in [0.2, 0.25) is 17.8 Å². The number of alkyl carbamates (subject to hydrolysis) is 2. The molecule has 588 valence electrons. The highest BCUT2D eigenvalue weighted by Gasteiger charge is 2.53. The Balaban J connectivity index is 0.000000154. The summed E-state index contributed by atoms with van der Waals surface area (Å²) in [4.78, 5) is 60.6. The van der Waals surface area contributed by atoms with Crippen LogP contribution in [-0.4, -0.2) is 193 Å². The van der Waals surface area contributed by atoms with Gasteiger partial charge >= 0.3 is 12.2 Å². The summed E-state index contributed by atoms with van der Waals surface area (Å²) in [5, 5.41) is 32.8. The molecule has 6 aliphatic rings. The average molecular weight is 1680 g/mol. The van der Waals surface area contributed by atoms with Gasteiger partial charge in [0.25, 0.3) is 0 Å². The largest absolute Gasteiger partial charge is 0.444 e. The third-order valence-corrected chi connectivity index (χ3v) is 25.9. The van der Waals surface area contributed by atoms with E-state index in [-0.39, 0.29) is 72.0 Å². The number of piperidine rings is 3. The number of nitrogens with one attached hydrogen (secondary N) is 3. The summed E-state index contributed by atoms with van der Waals surface area (Å²) in [5.74, 6) is 3.47. The van der Waals surface area contributed by atoms with E-state index in [4.69, 9.17) is 109 Å². The van der Waals surface area contributed by atoms with Crippen LogP contribution in [0.15, 0.2) is 79.8 Å². The molecule has 0 unspecified atom stereocenters. The fourth-order valence-electron chi connectivity index (χ4n) is 14.7. The van der Waals surface area contributed by atoms with Crippen LogP contribution in [0.1, 0.15) is 125 Å². The Bertz CT molecular complexity index is 4830. The normalized spacial score (nSPS) is 21.3. The van der Waals surface area contributed by atoms with E-state index in [9.17, 15) is 9.59 Å². The molecule has 0 saturated carbocycles. The molecule has 0 aromatic carbocycles. The number of aromatic amines is 1. The van der Waals surface area contributed by atoms with Crippen molar-refractivity contribution in [1.29, 1.82) is 0 Å². The summed E-state index contributed by atoms with van der Waals surface area (Å²) >= 11 is 29.6. The number of aromatic nitrogens is 15. The second kappa shape index (κ2) is 33.5. The van der Waals surface area contributed by atoms with Crippen LogP contribution >= 0.6 is 86.5 Å². The van der Waals surface area contributed by atoms with Crippen LogP contribution in [0.2, 0.25) is 15.1 Å². The van der Waals surface area contributed by atoms with Crippen molar-refractivity contribution in [1.82, 2.24) is 84.3 Å². The van der Waals surface area contributed by atoms with Crippen LogP contribution in [0, 0.1) is 41.5 Å². The molecule has 6 aliphatic heterocycles. The van der Waals surface area contributed by atoms with E-state index in [0.717, 1.165) is 155 Å². The van der Waals surface area contributed by atoms with Crippen molar-refractivity contribution >= 4 is 151 Å². The van der Waals surface area contributed by atoms with Gasteiger partial charge in [-0.05, 0) is 156 Å². The number of halogens is 4. The average Bonchev–Trinajstić information content (AvgIpc) is 1.68. The number of amides is 2. The summed E-state index contributed by atoms with van der Waals surface area (Å²) in [6, 6.07) is 5.22. The first-order valence-corrected chi connectivity index (χ1v) is 39.5. The van der Waals surface area contributed by atoms with Gasteiger partial charge in [-0.25, -0.2) is 47.7 Å². The lowest BCUT2D eigenvalue weighted by atomic mass is 9.73. The number of carbonyl (C=O) groups excluding carboxylic acids is 2. The Morgan fingerprint density at radius 1 is 0.587 bits per heavy atom. The molecular formula is C71H96BrCl3N24O7S3. The molecule has 0 aliphatic carbocycles. The Morgan fingerprint density at radius 3 is 1.33 bits per heavy atom. The maximum absolute atomic E-state index is 12.6. The van der Waals surface area contributed by atoms with Gasteiger partial charge in [-0.3, -0.25) is 0 Å². The zero-order valence-electron chi connectivity index (χ0n) is 62.3. The van der Waals surface area contributed by atoms with E-state index in [1.165, 1.54) is 23.5 Å². The van der Waals surface area contributed by atoms with E-state index in [1.54, 1.807) is 43.6 Å². The lowest BCUT2D eigenvalue weighted by molar-refractivity contribution is 0.0424. The topological polar surface area (TPSA) is 389 Å². The van der Waals surface area contributed by atoms with Crippen molar-refractivity contribution in [3.63, 3.8) is 0 Å². The number of nitrogens with zero attached hydrogens (tertiary/aromatic N) is 17. The van der Waals surface area contributed by atoms with E-state index in [0.29, 0.717) is 50.1 Å². The van der Waals surface area contributed by atoms with Gasteiger partial charge in [0.15, 0.2) is 16.9 Å². The summed E-state index contributed by atoms with van der Waals surface area (Å²) in [7, 11) is 0. The van der Waals surface area contributed by atoms with E-state index >= 15 is 0 Å². The predicted octanol–water partition coefficient (Wildman–Crippen LogP) is 12.4. The number of H-pyrrole nitrogens is 1. The number of pyridine rings is 3. The number of hydrogen-bond donors (Lipinski definition) is 7. The van der Waals surface area contributed by atoms with Crippen LogP contribution in [0.3, 0.4) is 0 Å². The summed E-state index contributed by atoms with van der Waals surface area (Å²) in [6.45, 7) is 30.0. The Hall–Kier alpha value is -7.45. The number of nitrogens with two attached hydrogens (primary N) is 4. The molecule has 0 bridgehead atoms. The van der Waals surface area contributed by atoms with E-state index in [2.05, 4.69) is 93.7 Å². The minimum absolute atomic E-state index is 0. The number of anilines is 6. The van der Waals surface area contributed by atoms with Crippen LogP contribution in [0.5, 0.6) is 0 Å². The molecule has 11 N–H and O–H groups in total. The van der Waals surface area contributed by atoms with Gasteiger partial charge in [0.1, 0.15) is 47.6 Å². The number of hydrogen-bond acceptors (Lipinski definition) is 28. The fourth-order valence-corrected chi connectivity index (χ4v) is 17.8. The molecule has 6 atom stereocenters. The monoisotopic (exact) mass is 1680 g/mol. The van der Waals surface area contributed by atoms with Crippen LogP contribution in [0.25, 0.3) is 16.9 Å². The van der Waals surface area contributed by atoms with E-state index in [1.807, 2.05) is 101 Å². The van der Waals surface area contributed by atoms with Gasteiger partial charge in [0.05, 0.1) is 101 Å². The second-order valence-electron chi connectivity index (χ2n) is 30.2. The van der Waals surface area contributed by atoms with Crippen molar-refractivity contribution in [3.8, 4) is 0 Å². The first kappa shape index (κ1) is 82.5. The highest BCUT2D eigenvalue weighted by Crippen LogP contribution is 2.48. The molecule has 0 radical (unpaired) electrons. The SMILES string of the molecule is C.Cc1nc(N2CCC3(CC2)CO[C@@H](C)[C@H]3N)n2cnnc2c1Sc1ccnc(N)c1Cl.Cc1nc(N2CCC3(CC2)CO[C@@H](C)[C@H]3NC(=O)OC(C)(C)C)n2cnnc2c1Br.Cc1nc(N2CCC3(CC2)CO[C@@H](C)[C@H]3NC(=O)OC(C)(C)C)n2cnnc2c1Sc1ccnc(N)c1Cl.Nc1[nH]ccc(=S)c1Cl. The highest BCUT2D eigenvalue weighted by atomic mass is 79.9. The van der Waals surface area contributed by atoms with Gasteiger partial charge in [-0.1, -0.05) is 78.0 Å². The first-order chi connectivity index (χ1) is 51.2. The molecule has 15 rings (SSSR count). The molecule has 3 spiro atoms. The summed E-state index contributed by atoms with van der Waals surface area (Å²) < 4.78 is 36.1. The maximum atomic E-state index is 12.6. The van der Waals surface area contributed by atoms with Crippen molar-refractivity contribution in [3.05, 3.63) is 96.9 Å². The van der Waals surface area contributed by atoms with Gasteiger partial charge in [0, 0.05) is 89.9 Å². The minimum Gasteiger partial charge on any atom is -0.444 e. The van der Waals surface area contributed by atoms with Crippen LogP contribution < -0.4 is 48.3 Å². The molecular weight excluding hydrogens is 1580 g/mol. The lowest BCUT2D eigenvalue weighted by Crippen LogP contribution is -2.55. The molecule has 31 nitrogen and oxygen atoms in total. The smallest absolute Gasteiger partial charge is 0.407 e. The first-order valence-electron chi connectivity index (χ1n) is 35.6. The highest BCUT2D eigenvalue weighted by molar-refractivity contribution is 9.10. The second-order valence-corrected chi connectivity index (χ2v) is 34.7. The summed E-state index contributed by atoms with van der Waals surface area (Å²) in [6.07, 6.45) is 14.6. The number of ether oxygens (including phenoxy) is 5. The van der Waals surface area contributed by atoms with Crippen molar-refractivity contribution < 1.29 is 33.3 Å². The zero-order valence-corrected chi connectivity index (χ0v) is 68.6. The van der Waals surface area contributed by atoms with Crippen LogP contribution in [-0.2, 0) is 23.7 Å². The van der Waals surface area contributed by atoms with Crippen molar-refractivity contribution in [2.45, 2.75) is 196 Å². The fraction of sp³-hybridized carbons (Fsp3) is 0.549. The van der Waals surface area contributed by atoms with E-state index < -0.39 is 17.3 Å². The number of nitrogen functional groups attached to an aromatic ring is 3. The Morgan fingerprint density at radius 2 is 0.954 bits per heavy atom. The molecule has 2 amide bonds. The predicted molar refractivity (Wildman–Crippen MR) is 430 cm³/mol. The Labute approximate surface area is 670 Å². The maximum Gasteiger partial charge on any atom is 0.407 e. The number of rotatable bonds is 9. The Kier molecular flexibility index (Phi) is 25.3. The molecule has 15 heterocycles. The number of fused-ring (bicyclic) bond motifs is 3. The molecule has 9 aromatic heterocycles. The van der Waals surface area contributed by atoms with Crippen molar-refractivity contribution in [2.75, 3.05) is 91.0 Å². The molecule has 38 heteroatoms. The van der Waals surface area contributed by atoms with Gasteiger partial charge in [-0.15, -0.1) is 30.6 Å². The summed E-state index contributed by atoms with van der Waals surface area (Å²) in [5.41, 5.74) is 27.1.